The number of carbonyl (C=O) groups is 2. The van der Waals surface area contributed by atoms with Gasteiger partial charge in [0.2, 0.25) is 0 Å². The third kappa shape index (κ3) is 2.72. The first-order chi connectivity index (χ1) is 11.8. The van der Waals surface area contributed by atoms with Gasteiger partial charge in [0.15, 0.2) is 0 Å². The molecule has 3 N–H and O–H groups in total. The van der Waals surface area contributed by atoms with Crippen molar-refractivity contribution in [3.8, 4) is 0 Å². The smallest absolute Gasteiger partial charge is 0.415 e. The van der Waals surface area contributed by atoms with E-state index in [-0.39, 0.29) is 18.1 Å². The molecule has 1 aromatic carbocycles. The largest absolute Gasteiger partial charge is 0.465 e. The second-order valence-corrected chi connectivity index (χ2v) is 7.15. The molecule has 136 valence electrons. The monoisotopic (exact) mass is 346 g/mol. The molecule has 3 amide bonds. The lowest BCUT2D eigenvalue weighted by Gasteiger charge is -2.28. The molecule has 0 spiro atoms. The van der Waals surface area contributed by atoms with Crippen molar-refractivity contribution in [1.82, 2.24) is 15.5 Å². The molecule has 25 heavy (non-hydrogen) atoms. The number of imide groups is 1. The molecule has 0 aromatic heterocycles. The number of nitrogens with zero attached hydrogens (tertiary/aromatic N) is 2. The van der Waals surface area contributed by atoms with Gasteiger partial charge in [-0.1, -0.05) is 19.1 Å². The minimum Gasteiger partial charge on any atom is -0.465 e. The molecular formula is C18H26N4O3. The van der Waals surface area contributed by atoms with Crippen molar-refractivity contribution in [2.75, 3.05) is 25.0 Å². The minimum atomic E-state index is -1.24. The number of hydrogen-bond acceptors (Lipinski definition) is 4. The summed E-state index contributed by atoms with van der Waals surface area (Å²) in [4.78, 5) is 26.6. The molecule has 2 atom stereocenters. The van der Waals surface area contributed by atoms with E-state index >= 15 is 0 Å². The van der Waals surface area contributed by atoms with Gasteiger partial charge in [-0.3, -0.25) is 5.32 Å². The lowest BCUT2D eigenvalue weighted by Crippen LogP contribution is -2.44. The van der Waals surface area contributed by atoms with Crippen LogP contribution in [0.4, 0.5) is 15.3 Å². The van der Waals surface area contributed by atoms with Gasteiger partial charge in [-0.25, -0.2) is 14.5 Å². The van der Waals surface area contributed by atoms with Crippen molar-refractivity contribution in [3.05, 3.63) is 28.8 Å². The number of anilines is 1. The molecule has 0 unspecified atom stereocenters. The van der Waals surface area contributed by atoms with E-state index in [9.17, 15) is 14.7 Å². The summed E-state index contributed by atoms with van der Waals surface area (Å²) in [6, 6.07) is 3.47. The molecule has 0 radical (unpaired) electrons. The molecule has 3 rings (SSSR count). The molecule has 2 heterocycles. The zero-order valence-electron chi connectivity index (χ0n) is 15.2. The van der Waals surface area contributed by atoms with Crippen molar-refractivity contribution in [3.63, 3.8) is 0 Å². The summed E-state index contributed by atoms with van der Waals surface area (Å²) in [5.74, 6) is 0. The van der Waals surface area contributed by atoms with Crippen LogP contribution in [-0.4, -0.2) is 48.4 Å². The highest BCUT2D eigenvalue weighted by Gasteiger charge is 2.50. The van der Waals surface area contributed by atoms with Crippen molar-refractivity contribution in [2.45, 2.75) is 45.3 Å². The van der Waals surface area contributed by atoms with Crippen LogP contribution in [0.3, 0.4) is 0 Å². The fourth-order valence-electron chi connectivity index (χ4n) is 4.31. The van der Waals surface area contributed by atoms with Gasteiger partial charge < -0.3 is 15.3 Å². The maximum atomic E-state index is 12.0. The number of urea groups is 1. The van der Waals surface area contributed by atoms with E-state index in [0.717, 1.165) is 29.0 Å². The summed E-state index contributed by atoms with van der Waals surface area (Å²) in [7, 11) is 2.10. The molecule has 2 aliphatic heterocycles. The molecule has 7 nitrogen and oxygen atoms in total. The average molecular weight is 346 g/mol. The Morgan fingerprint density at radius 1 is 1.48 bits per heavy atom. The highest BCUT2D eigenvalue weighted by Crippen LogP contribution is 2.49. The summed E-state index contributed by atoms with van der Waals surface area (Å²) < 4.78 is 0. The number of carbonyl (C=O) groups excluding carboxylic acids is 1. The van der Waals surface area contributed by atoms with E-state index in [1.54, 1.807) is 6.92 Å². The van der Waals surface area contributed by atoms with Gasteiger partial charge in [0, 0.05) is 24.7 Å². The molecule has 7 heteroatoms. The molecular weight excluding hydrogens is 320 g/mol. The molecule has 1 saturated heterocycles. The zero-order valence-corrected chi connectivity index (χ0v) is 15.2. The number of likely N-dealkylation sites (N-methyl/N-ethyl adjacent to an activating group) is 1. The van der Waals surface area contributed by atoms with Crippen molar-refractivity contribution >= 4 is 17.8 Å². The maximum Gasteiger partial charge on any atom is 0.415 e. The van der Waals surface area contributed by atoms with E-state index in [1.165, 1.54) is 11.3 Å². The van der Waals surface area contributed by atoms with Gasteiger partial charge in [-0.15, -0.1) is 0 Å². The standard InChI is InChI=1S/C18H26N4O3/c1-5-19-16(23)22(17(24)25)10-12-8-11(2)14-13(9-12)18(3)6-7-20-15(18)21(14)4/h8-9,15,20H,5-7,10H2,1-4H3,(H,19,23)(H,24,25)/t15-,18+/m1/s1. The zero-order chi connectivity index (χ0) is 18.4. The van der Waals surface area contributed by atoms with E-state index in [2.05, 4.69) is 35.6 Å². The van der Waals surface area contributed by atoms with Crippen LogP contribution in [-0.2, 0) is 12.0 Å². The third-order valence-electron chi connectivity index (χ3n) is 5.45. The summed E-state index contributed by atoms with van der Waals surface area (Å²) in [5, 5.41) is 15.5. The second kappa shape index (κ2) is 6.22. The van der Waals surface area contributed by atoms with Gasteiger partial charge in [0.1, 0.15) is 0 Å². The van der Waals surface area contributed by atoms with Crippen LogP contribution in [0.5, 0.6) is 0 Å². The third-order valence-corrected chi connectivity index (χ3v) is 5.45. The molecule has 2 aliphatic rings. The minimum absolute atomic E-state index is 0.00455. The average Bonchev–Trinajstić information content (AvgIpc) is 3.02. The highest BCUT2D eigenvalue weighted by atomic mass is 16.4. The number of rotatable bonds is 3. The van der Waals surface area contributed by atoms with Gasteiger partial charge >= 0.3 is 12.1 Å². The number of aryl methyl sites for hydroxylation is 1. The second-order valence-electron chi connectivity index (χ2n) is 7.15. The summed E-state index contributed by atoms with van der Waals surface area (Å²) in [6.45, 7) is 7.47. The first-order valence-electron chi connectivity index (χ1n) is 8.68. The van der Waals surface area contributed by atoms with Gasteiger partial charge in [-0.2, -0.15) is 0 Å². The first-order valence-corrected chi connectivity index (χ1v) is 8.68. The normalized spacial score (nSPS) is 24.0. The van der Waals surface area contributed by atoms with E-state index < -0.39 is 12.1 Å². The molecule has 0 bridgehead atoms. The van der Waals surface area contributed by atoms with Gasteiger partial charge in [0.05, 0.1) is 12.7 Å². The quantitative estimate of drug-likeness (QED) is 0.781. The van der Waals surface area contributed by atoms with Gasteiger partial charge in [-0.05, 0) is 43.5 Å². The van der Waals surface area contributed by atoms with Crippen molar-refractivity contribution < 1.29 is 14.7 Å². The Balaban J connectivity index is 1.96. The van der Waals surface area contributed by atoms with Crippen molar-refractivity contribution in [1.29, 1.82) is 0 Å². The molecule has 1 fully saturated rings. The number of hydrogen-bond donors (Lipinski definition) is 3. The lowest BCUT2D eigenvalue weighted by molar-refractivity contribution is 0.146. The number of nitrogens with one attached hydrogen (secondary N) is 2. The Labute approximate surface area is 148 Å². The predicted octanol–water partition coefficient (Wildman–Crippen LogP) is 2.23. The number of carboxylic acid groups (broad SMARTS) is 1. The number of benzene rings is 1. The fraction of sp³-hybridized carbons (Fsp3) is 0.556. The lowest BCUT2D eigenvalue weighted by atomic mass is 9.80. The Kier molecular flexibility index (Phi) is 4.36. The topological polar surface area (TPSA) is 84.9 Å². The summed E-state index contributed by atoms with van der Waals surface area (Å²) >= 11 is 0. The number of amides is 3. The Morgan fingerprint density at radius 3 is 2.84 bits per heavy atom. The highest BCUT2D eigenvalue weighted by molar-refractivity contribution is 5.90. The van der Waals surface area contributed by atoms with E-state index in [0.29, 0.717) is 6.54 Å². The number of fused-ring (bicyclic) bond motifs is 3. The first kappa shape index (κ1) is 17.5. The maximum absolute atomic E-state index is 12.0. The van der Waals surface area contributed by atoms with E-state index in [4.69, 9.17) is 0 Å². The van der Waals surface area contributed by atoms with Crippen LogP contribution >= 0.6 is 0 Å². The van der Waals surface area contributed by atoms with Crippen LogP contribution in [0, 0.1) is 6.92 Å². The van der Waals surface area contributed by atoms with Crippen LogP contribution in [0.2, 0.25) is 0 Å². The molecule has 1 aromatic rings. The SMILES string of the molecule is CCNC(=O)N(Cc1cc(C)c2c(c1)[C@]1(C)CCN[C@@H]1N2C)C(=O)O. The van der Waals surface area contributed by atoms with Crippen molar-refractivity contribution in [2.24, 2.45) is 0 Å². The Bertz CT molecular complexity index is 721. The molecule has 0 saturated carbocycles. The van der Waals surface area contributed by atoms with Crippen LogP contribution in [0.1, 0.15) is 37.0 Å². The summed E-state index contributed by atoms with van der Waals surface area (Å²) in [5.41, 5.74) is 4.40. The summed E-state index contributed by atoms with van der Waals surface area (Å²) in [6.07, 6.45) is 0.0555. The molecule has 0 aliphatic carbocycles. The Morgan fingerprint density at radius 2 is 2.20 bits per heavy atom. The van der Waals surface area contributed by atoms with E-state index in [1.807, 2.05) is 13.0 Å². The predicted molar refractivity (Wildman–Crippen MR) is 96.0 cm³/mol. The van der Waals surface area contributed by atoms with Crippen LogP contribution in [0.15, 0.2) is 12.1 Å². The van der Waals surface area contributed by atoms with Crippen LogP contribution < -0.4 is 15.5 Å². The Hall–Kier alpha value is -2.28. The van der Waals surface area contributed by atoms with Crippen LogP contribution in [0.25, 0.3) is 0 Å². The van der Waals surface area contributed by atoms with Gasteiger partial charge in [0.25, 0.3) is 0 Å². The fourth-order valence-corrected chi connectivity index (χ4v) is 4.31.